The van der Waals surface area contributed by atoms with Crippen LogP contribution in [0.1, 0.15) is 18.4 Å². The van der Waals surface area contributed by atoms with Crippen LogP contribution in [0.5, 0.6) is 0 Å². The van der Waals surface area contributed by atoms with E-state index in [2.05, 4.69) is 15.5 Å². The Hall–Kier alpha value is -3.06. The lowest BCUT2D eigenvalue weighted by molar-refractivity contribution is -0.131. The van der Waals surface area contributed by atoms with Gasteiger partial charge in [0.1, 0.15) is 0 Å². The van der Waals surface area contributed by atoms with Crippen molar-refractivity contribution in [2.75, 3.05) is 48.8 Å². The molecular weight excluding hydrogens is 380 g/mol. The molecule has 1 fully saturated rings. The highest BCUT2D eigenvalue weighted by molar-refractivity contribution is 5.95. The lowest BCUT2D eigenvalue weighted by atomic mass is 10.1. The van der Waals surface area contributed by atoms with Crippen molar-refractivity contribution >= 4 is 28.9 Å². The Morgan fingerprint density at radius 2 is 1.77 bits per heavy atom. The lowest BCUT2D eigenvalue weighted by Crippen LogP contribution is -2.38. The summed E-state index contributed by atoms with van der Waals surface area (Å²) in [7, 11) is 1.62. The first-order valence-electron chi connectivity index (χ1n) is 10.3. The monoisotopic (exact) mass is 410 g/mol. The van der Waals surface area contributed by atoms with Crippen LogP contribution < -0.4 is 15.5 Å². The van der Waals surface area contributed by atoms with Crippen molar-refractivity contribution in [3.8, 4) is 0 Å². The maximum absolute atomic E-state index is 12.5. The van der Waals surface area contributed by atoms with Gasteiger partial charge in [-0.2, -0.15) is 0 Å². The topological polar surface area (TPSA) is 84.9 Å². The number of rotatable bonds is 7. The minimum Gasteiger partial charge on any atom is -0.393 e. The summed E-state index contributed by atoms with van der Waals surface area (Å²) in [4.78, 5) is 28.4. The minimum atomic E-state index is -0.234. The molecule has 0 aliphatic carbocycles. The maximum Gasteiger partial charge on any atom is 0.243 e. The van der Waals surface area contributed by atoms with Gasteiger partial charge in [0, 0.05) is 25.8 Å². The Kier molecular flexibility index (Phi) is 7.30. The van der Waals surface area contributed by atoms with E-state index < -0.39 is 0 Å². The normalized spacial score (nSPS) is 14.3. The Morgan fingerprint density at radius 1 is 1.10 bits per heavy atom. The molecule has 2 aromatic rings. The number of piperidine rings is 1. The van der Waals surface area contributed by atoms with Crippen LogP contribution in [0.3, 0.4) is 0 Å². The van der Waals surface area contributed by atoms with Crippen molar-refractivity contribution in [3.63, 3.8) is 0 Å². The fourth-order valence-corrected chi connectivity index (χ4v) is 3.45. The molecule has 3 N–H and O–H groups in total. The molecule has 2 aromatic carbocycles. The smallest absolute Gasteiger partial charge is 0.243 e. The second-order valence-electron chi connectivity index (χ2n) is 7.75. The summed E-state index contributed by atoms with van der Waals surface area (Å²) in [6.07, 6.45) is 1.25. The zero-order chi connectivity index (χ0) is 21.5. The summed E-state index contributed by atoms with van der Waals surface area (Å²) in [5.74, 6) is -0.403. The van der Waals surface area contributed by atoms with Crippen LogP contribution in [0, 0.1) is 6.92 Å². The number of carbonyl (C=O) groups is 2. The number of hydrogen-bond donors (Lipinski definition) is 3. The third-order valence-electron chi connectivity index (χ3n) is 5.28. The molecule has 0 radical (unpaired) electrons. The van der Waals surface area contributed by atoms with Gasteiger partial charge in [-0.25, -0.2) is 0 Å². The molecule has 30 heavy (non-hydrogen) atoms. The highest BCUT2D eigenvalue weighted by Gasteiger charge is 2.20. The zero-order valence-corrected chi connectivity index (χ0v) is 17.6. The molecule has 0 unspecified atom stereocenters. The number of aryl methyl sites for hydroxylation is 1. The first-order valence-corrected chi connectivity index (χ1v) is 10.3. The summed E-state index contributed by atoms with van der Waals surface area (Å²) in [5.41, 5.74) is 3.73. The number of nitrogens with zero attached hydrogens (tertiary/aromatic N) is 2. The van der Waals surface area contributed by atoms with Crippen molar-refractivity contribution < 1.29 is 14.7 Å². The molecule has 0 bridgehead atoms. The highest BCUT2D eigenvalue weighted by Crippen LogP contribution is 2.28. The van der Waals surface area contributed by atoms with Crippen LogP contribution in [0.2, 0.25) is 0 Å². The molecule has 0 atom stereocenters. The van der Waals surface area contributed by atoms with Gasteiger partial charge < -0.3 is 25.5 Å². The fourth-order valence-electron chi connectivity index (χ4n) is 3.45. The Morgan fingerprint density at radius 3 is 2.47 bits per heavy atom. The first kappa shape index (κ1) is 21.6. The summed E-state index contributed by atoms with van der Waals surface area (Å²) in [5, 5.41) is 15.7. The Balaban J connectivity index is 1.51. The average molecular weight is 411 g/mol. The van der Waals surface area contributed by atoms with Crippen LogP contribution in [-0.2, 0) is 9.59 Å². The Labute approximate surface area is 177 Å². The Bertz CT molecular complexity index is 861. The molecule has 1 aliphatic heterocycles. The predicted molar refractivity (Wildman–Crippen MR) is 120 cm³/mol. The van der Waals surface area contributed by atoms with Crippen molar-refractivity contribution in [1.29, 1.82) is 0 Å². The van der Waals surface area contributed by atoms with Gasteiger partial charge in [-0.3, -0.25) is 9.59 Å². The van der Waals surface area contributed by atoms with Gasteiger partial charge in [-0.05, 0) is 44.0 Å². The molecule has 0 saturated carbocycles. The van der Waals surface area contributed by atoms with E-state index in [1.807, 2.05) is 55.5 Å². The van der Waals surface area contributed by atoms with Gasteiger partial charge in [0.2, 0.25) is 11.8 Å². The molecule has 1 saturated heterocycles. The molecule has 1 aliphatic rings. The number of aliphatic hydroxyl groups excluding tert-OH is 1. The number of nitrogens with one attached hydrogen (secondary N) is 2. The number of benzene rings is 2. The lowest BCUT2D eigenvalue weighted by Gasteiger charge is -2.33. The summed E-state index contributed by atoms with van der Waals surface area (Å²) in [6.45, 7) is 3.64. The van der Waals surface area contributed by atoms with E-state index in [1.165, 1.54) is 4.90 Å². The number of anilines is 3. The number of amides is 2. The molecule has 1 heterocycles. The van der Waals surface area contributed by atoms with E-state index in [-0.39, 0.29) is 31.0 Å². The summed E-state index contributed by atoms with van der Waals surface area (Å²) < 4.78 is 0. The molecule has 0 aromatic heterocycles. The van der Waals surface area contributed by atoms with E-state index in [1.54, 1.807) is 7.05 Å². The van der Waals surface area contributed by atoms with Crippen LogP contribution in [0.4, 0.5) is 17.1 Å². The minimum absolute atomic E-state index is 0.0138. The van der Waals surface area contributed by atoms with E-state index in [9.17, 15) is 14.7 Å². The standard InChI is InChI=1S/C23H30N4O3/c1-17-7-9-18(10-8-17)25-22(29)16-26(2)23(30)15-24-20-5-3-4-6-21(20)27-13-11-19(28)12-14-27/h3-10,19,24,28H,11-16H2,1-2H3,(H,25,29). The molecule has 160 valence electrons. The van der Waals surface area contributed by atoms with Gasteiger partial charge in [0.25, 0.3) is 0 Å². The van der Waals surface area contributed by atoms with E-state index >= 15 is 0 Å². The third kappa shape index (κ3) is 5.97. The third-order valence-corrected chi connectivity index (χ3v) is 5.28. The fraction of sp³-hybridized carbons (Fsp3) is 0.391. The van der Waals surface area contributed by atoms with Gasteiger partial charge in [-0.15, -0.1) is 0 Å². The zero-order valence-electron chi connectivity index (χ0n) is 17.6. The van der Waals surface area contributed by atoms with Crippen LogP contribution >= 0.6 is 0 Å². The van der Waals surface area contributed by atoms with Gasteiger partial charge >= 0.3 is 0 Å². The predicted octanol–water partition coefficient (Wildman–Crippen LogP) is 2.47. The number of carbonyl (C=O) groups excluding carboxylic acids is 2. The molecule has 0 spiro atoms. The molecule has 2 amide bonds. The van der Waals surface area contributed by atoms with Crippen molar-refractivity contribution in [2.24, 2.45) is 0 Å². The van der Waals surface area contributed by atoms with Crippen molar-refractivity contribution in [2.45, 2.75) is 25.9 Å². The van der Waals surface area contributed by atoms with Crippen LogP contribution in [0.25, 0.3) is 0 Å². The molecule has 7 heteroatoms. The second-order valence-corrected chi connectivity index (χ2v) is 7.75. The maximum atomic E-state index is 12.5. The largest absolute Gasteiger partial charge is 0.393 e. The summed E-state index contributed by atoms with van der Waals surface area (Å²) in [6, 6.07) is 15.4. The van der Waals surface area contributed by atoms with Gasteiger partial charge in [0.05, 0.1) is 30.6 Å². The van der Waals surface area contributed by atoms with Crippen LogP contribution in [0.15, 0.2) is 48.5 Å². The quantitative estimate of drug-likeness (QED) is 0.653. The second kappa shape index (κ2) is 10.1. The van der Waals surface area contributed by atoms with Gasteiger partial charge in [-0.1, -0.05) is 29.8 Å². The van der Waals surface area contributed by atoms with E-state index in [0.717, 1.165) is 42.9 Å². The number of aliphatic hydroxyl groups is 1. The number of hydrogen-bond acceptors (Lipinski definition) is 5. The van der Waals surface area contributed by atoms with E-state index in [4.69, 9.17) is 0 Å². The average Bonchev–Trinajstić information content (AvgIpc) is 2.74. The van der Waals surface area contributed by atoms with E-state index in [0.29, 0.717) is 5.69 Å². The molecular formula is C23H30N4O3. The SMILES string of the molecule is Cc1ccc(NC(=O)CN(C)C(=O)CNc2ccccc2N2CCC(O)CC2)cc1. The summed E-state index contributed by atoms with van der Waals surface area (Å²) >= 11 is 0. The van der Waals surface area contributed by atoms with Crippen LogP contribution in [-0.4, -0.2) is 61.2 Å². The first-order chi connectivity index (χ1) is 14.4. The van der Waals surface area contributed by atoms with Crippen molar-refractivity contribution in [3.05, 3.63) is 54.1 Å². The number of likely N-dealkylation sites (N-methyl/N-ethyl adjacent to an activating group) is 1. The van der Waals surface area contributed by atoms with Crippen molar-refractivity contribution in [1.82, 2.24) is 4.90 Å². The number of para-hydroxylation sites is 2. The highest BCUT2D eigenvalue weighted by atomic mass is 16.3. The molecule has 3 rings (SSSR count). The van der Waals surface area contributed by atoms with Gasteiger partial charge in [0.15, 0.2) is 0 Å². The molecule has 7 nitrogen and oxygen atoms in total.